The lowest BCUT2D eigenvalue weighted by Crippen LogP contribution is -2.27. The maximum absolute atomic E-state index is 12.2. The fraction of sp³-hybridized carbons (Fsp3) is 0.438. The second-order valence-corrected chi connectivity index (χ2v) is 4.84. The molecule has 0 saturated heterocycles. The highest BCUT2D eigenvalue weighted by atomic mass is 16.5. The first kappa shape index (κ1) is 14.4. The zero-order chi connectivity index (χ0) is 14.5. The van der Waals surface area contributed by atoms with Crippen LogP contribution in [-0.4, -0.2) is 31.6 Å². The van der Waals surface area contributed by atoms with Crippen LogP contribution >= 0.6 is 0 Å². The van der Waals surface area contributed by atoms with Crippen LogP contribution in [0.4, 0.5) is 0 Å². The molecule has 1 amide bonds. The van der Waals surface area contributed by atoms with Crippen LogP contribution in [0.3, 0.4) is 0 Å². The van der Waals surface area contributed by atoms with Crippen LogP contribution in [0.15, 0.2) is 18.3 Å². The molecule has 20 heavy (non-hydrogen) atoms. The predicted molar refractivity (Wildman–Crippen MR) is 78.9 cm³/mol. The van der Waals surface area contributed by atoms with E-state index >= 15 is 0 Å². The topological polar surface area (TPSA) is 38.8 Å². The molecule has 1 aromatic rings. The standard InChI is InChI=1S/C16H21NO3/c1-4-5-7-17-8-6-12-9-14(19-2)15(20-3)10-13(12)11-16(17)18/h6,8-10H,4-5,7,11H2,1-3H3. The van der Waals surface area contributed by atoms with E-state index < -0.39 is 0 Å². The molecule has 0 saturated carbocycles. The van der Waals surface area contributed by atoms with Crippen molar-refractivity contribution in [2.45, 2.75) is 26.2 Å². The monoisotopic (exact) mass is 275 g/mol. The van der Waals surface area contributed by atoms with Crippen molar-refractivity contribution in [2.24, 2.45) is 0 Å². The third-order valence-electron chi connectivity index (χ3n) is 3.49. The second kappa shape index (κ2) is 6.46. The molecule has 0 atom stereocenters. The van der Waals surface area contributed by atoms with Gasteiger partial charge in [0.2, 0.25) is 5.91 Å². The summed E-state index contributed by atoms with van der Waals surface area (Å²) in [6.45, 7) is 2.89. The van der Waals surface area contributed by atoms with Gasteiger partial charge in [0.05, 0.1) is 20.6 Å². The molecule has 0 aliphatic carbocycles. The molecule has 0 spiro atoms. The van der Waals surface area contributed by atoms with Gasteiger partial charge < -0.3 is 14.4 Å². The molecule has 0 fully saturated rings. The number of carbonyl (C=O) groups excluding carboxylic acids is 1. The maximum Gasteiger partial charge on any atom is 0.230 e. The van der Waals surface area contributed by atoms with Gasteiger partial charge >= 0.3 is 0 Å². The smallest absolute Gasteiger partial charge is 0.230 e. The Hall–Kier alpha value is -1.97. The van der Waals surface area contributed by atoms with Crippen molar-refractivity contribution in [1.82, 2.24) is 4.90 Å². The Morgan fingerprint density at radius 1 is 1.20 bits per heavy atom. The molecule has 1 aliphatic rings. The van der Waals surface area contributed by atoms with Crippen molar-refractivity contribution in [3.8, 4) is 11.5 Å². The molecule has 108 valence electrons. The normalized spacial score (nSPS) is 13.9. The molecule has 0 aromatic heterocycles. The zero-order valence-corrected chi connectivity index (χ0v) is 12.3. The van der Waals surface area contributed by atoms with Crippen molar-refractivity contribution < 1.29 is 14.3 Å². The first-order valence-electron chi connectivity index (χ1n) is 6.92. The molecule has 0 N–H and O–H groups in total. The summed E-state index contributed by atoms with van der Waals surface area (Å²) in [7, 11) is 3.22. The Labute approximate surface area is 120 Å². The molecular weight excluding hydrogens is 254 g/mol. The molecular formula is C16H21NO3. The summed E-state index contributed by atoms with van der Waals surface area (Å²) in [4.78, 5) is 14.0. The summed E-state index contributed by atoms with van der Waals surface area (Å²) in [5, 5.41) is 0. The van der Waals surface area contributed by atoms with Crippen LogP contribution in [0.5, 0.6) is 11.5 Å². The van der Waals surface area contributed by atoms with Gasteiger partial charge in [-0.05, 0) is 35.8 Å². The number of fused-ring (bicyclic) bond motifs is 1. The molecule has 4 heteroatoms. The summed E-state index contributed by atoms with van der Waals surface area (Å²) in [5.74, 6) is 1.47. The number of unbranched alkanes of at least 4 members (excludes halogenated alkanes) is 1. The number of rotatable bonds is 5. The number of methoxy groups -OCH3 is 2. The highest BCUT2D eigenvalue weighted by Gasteiger charge is 2.19. The van der Waals surface area contributed by atoms with E-state index in [0.29, 0.717) is 17.9 Å². The van der Waals surface area contributed by atoms with Crippen LogP contribution in [0.25, 0.3) is 6.08 Å². The highest BCUT2D eigenvalue weighted by Crippen LogP contribution is 2.32. The van der Waals surface area contributed by atoms with Gasteiger partial charge in [-0.3, -0.25) is 4.79 Å². The average Bonchev–Trinajstić information content (AvgIpc) is 2.61. The van der Waals surface area contributed by atoms with Crippen molar-refractivity contribution >= 4 is 12.0 Å². The molecule has 1 aromatic carbocycles. The lowest BCUT2D eigenvalue weighted by molar-refractivity contribution is -0.127. The van der Waals surface area contributed by atoms with Gasteiger partial charge in [-0.15, -0.1) is 0 Å². The van der Waals surface area contributed by atoms with Crippen molar-refractivity contribution in [2.75, 3.05) is 20.8 Å². The van der Waals surface area contributed by atoms with Crippen molar-refractivity contribution in [1.29, 1.82) is 0 Å². The largest absolute Gasteiger partial charge is 0.493 e. The van der Waals surface area contributed by atoms with Crippen LogP contribution < -0.4 is 9.47 Å². The Balaban J connectivity index is 2.31. The summed E-state index contributed by atoms with van der Waals surface area (Å²) < 4.78 is 10.6. The third kappa shape index (κ3) is 2.95. The quantitative estimate of drug-likeness (QED) is 0.829. The van der Waals surface area contributed by atoms with E-state index in [2.05, 4.69) is 6.92 Å². The Kier molecular flexibility index (Phi) is 4.66. The zero-order valence-electron chi connectivity index (χ0n) is 12.3. The first-order chi connectivity index (χ1) is 9.69. The molecule has 0 bridgehead atoms. The van der Waals surface area contributed by atoms with Gasteiger partial charge in [0.15, 0.2) is 11.5 Å². The molecule has 1 aliphatic heterocycles. The molecule has 2 rings (SSSR count). The molecule has 4 nitrogen and oxygen atoms in total. The summed E-state index contributed by atoms with van der Waals surface area (Å²) >= 11 is 0. The molecule has 0 radical (unpaired) electrons. The maximum atomic E-state index is 12.2. The van der Waals surface area contributed by atoms with E-state index in [4.69, 9.17) is 9.47 Å². The second-order valence-electron chi connectivity index (χ2n) is 4.84. The molecule has 1 heterocycles. The number of amides is 1. The number of benzene rings is 1. The minimum atomic E-state index is 0.126. The van der Waals surface area contributed by atoms with E-state index in [1.165, 1.54) is 0 Å². The van der Waals surface area contributed by atoms with Gasteiger partial charge in [-0.1, -0.05) is 13.3 Å². The Morgan fingerprint density at radius 3 is 2.55 bits per heavy atom. The van der Waals surface area contributed by atoms with Crippen LogP contribution in [0.1, 0.15) is 30.9 Å². The lowest BCUT2D eigenvalue weighted by atomic mass is 10.0. The van der Waals surface area contributed by atoms with Crippen LogP contribution in [0.2, 0.25) is 0 Å². The van der Waals surface area contributed by atoms with Gasteiger partial charge in [0.1, 0.15) is 0 Å². The van der Waals surface area contributed by atoms with Crippen LogP contribution in [-0.2, 0) is 11.2 Å². The minimum Gasteiger partial charge on any atom is -0.493 e. The Bertz CT molecular complexity index is 523. The summed E-state index contributed by atoms with van der Waals surface area (Å²) in [6, 6.07) is 3.81. The summed E-state index contributed by atoms with van der Waals surface area (Å²) in [6.07, 6.45) is 6.32. The van der Waals surface area contributed by atoms with E-state index in [0.717, 1.165) is 30.5 Å². The predicted octanol–water partition coefficient (Wildman–Crippen LogP) is 2.86. The van der Waals surface area contributed by atoms with Gasteiger partial charge in [-0.25, -0.2) is 0 Å². The Morgan fingerprint density at radius 2 is 1.90 bits per heavy atom. The van der Waals surface area contributed by atoms with Crippen molar-refractivity contribution in [3.05, 3.63) is 29.5 Å². The third-order valence-corrected chi connectivity index (χ3v) is 3.49. The fourth-order valence-electron chi connectivity index (χ4n) is 2.29. The van der Waals surface area contributed by atoms with E-state index in [1.54, 1.807) is 19.1 Å². The molecule has 0 unspecified atom stereocenters. The van der Waals surface area contributed by atoms with Gasteiger partial charge in [-0.2, -0.15) is 0 Å². The average molecular weight is 275 g/mol. The fourth-order valence-corrected chi connectivity index (χ4v) is 2.29. The van der Waals surface area contributed by atoms with Gasteiger partial charge in [0, 0.05) is 12.7 Å². The minimum absolute atomic E-state index is 0.126. The number of nitrogens with zero attached hydrogens (tertiary/aromatic N) is 1. The first-order valence-corrected chi connectivity index (χ1v) is 6.92. The number of carbonyl (C=O) groups is 1. The number of hydrogen-bond acceptors (Lipinski definition) is 3. The van der Waals surface area contributed by atoms with E-state index in [9.17, 15) is 4.79 Å². The van der Waals surface area contributed by atoms with E-state index in [-0.39, 0.29) is 5.91 Å². The highest BCUT2D eigenvalue weighted by molar-refractivity contribution is 5.84. The van der Waals surface area contributed by atoms with Crippen molar-refractivity contribution in [3.63, 3.8) is 0 Å². The number of hydrogen-bond donors (Lipinski definition) is 0. The lowest BCUT2D eigenvalue weighted by Gasteiger charge is -2.16. The van der Waals surface area contributed by atoms with E-state index in [1.807, 2.05) is 24.4 Å². The summed E-state index contributed by atoms with van der Waals surface area (Å²) in [5.41, 5.74) is 1.98. The SMILES string of the molecule is CCCCN1C=Cc2cc(OC)c(OC)cc2CC1=O. The van der Waals surface area contributed by atoms with Crippen LogP contribution in [0, 0.1) is 0 Å². The number of ether oxygens (including phenoxy) is 2. The van der Waals surface area contributed by atoms with Gasteiger partial charge in [0.25, 0.3) is 0 Å².